The van der Waals surface area contributed by atoms with Crippen LogP contribution < -0.4 is 4.90 Å². The summed E-state index contributed by atoms with van der Waals surface area (Å²) in [6.07, 6.45) is 2.89. The summed E-state index contributed by atoms with van der Waals surface area (Å²) in [5, 5.41) is 0. The van der Waals surface area contributed by atoms with E-state index >= 15 is 0 Å². The molecule has 2 heterocycles. The molecule has 0 saturated carbocycles. The second kappa shape index (κ2) is 6.77. The first-order valence-electron chi connectivity index (χ1n) is 8.33. The Morgan fingerprint density at radius 1 is 1.30 bits per heavy atom. The highest BCUT2D eigenvalue weighted by Crippen LogP contribution is 2.34. The number of carbonyl (C=O) groups excluding carboxylic acids is 1. The number of hydrogen-bond donors (Lipinski definition) is 0. The molecular formula is C18H29N3O2. The summed E-state index contributed by atoms with van der Waals surface area (Å²) < 4.78 is 5.59. The van der Waals surface area contributed by atoms with E-state index in [0.717, 1.165) is 42.9 Å². The molecule has 5 heteroatoms. The molecule has 1 amide bonds. The van der Waals surface area contributed by atoms with Crippen molar-refractivity contribution in [2.75, 3.05) is 25.5 Å². The first-order valence-corrected chi connectivity index (χ1v) is 8.33. The third-order valence-corrected chi connectivity index (χ3v) is 4.06. The number of hydrogen-bond acceptors (Lipinski definition) is 4. The highest BCUT2D eigenvalue weighted by atomic mass is 16.6. The quantitative estimate of drug-likeness (QED) is 0.829. The van der Waals surface area contributed by atoms with Gasteiger partial charge in [-0.25, -0.2) is 9.78 Å². The summed E-state index contributed by atoms with van der Waals surface area (Å²) in [6.45, 7) is 8.48. The van der Waals surface area contributed by atoms with Gasteiger partial charge in [-0.05, 0) is 58.6 Å². The second-order valence-corrected chi connectivity index (χ2v) is 7.42. The summed E-state index contributed by atoms with van der Waals surface area (Å²) in [7, 11) is 3.96. The van der Waals surface area contributed by atoms with E-state index in [2.05, 4.69) is 11.1 Å². The first kappa shape index (κ1) is 17.6. The van der Waals surface area contributed by atoms with Gasteiger partial charge in [0.15, 0.2) is 0 Å². The zero-order valence-corrected chi connectivity index (χ0v) is 15.2. The Kier molecular flexibility index (Phi) is 5.17. The summed E-state index contributed by atoms with van der Waals surface area (Å²) in [5.74, 6) is 0.936. The van der Waals surface area contributed by atoms with Crippen LogP contribution in [0.5, 0.6) is 0 Å². The fourth-order valence-corrected chi connectivity index (χ4v) is 2.95. The zero-order chi connectivity index (χ0) is 17.2. The number of aryl methyl sites for hydroxylation is 1. The van der Waals surface area contributed by atoms with Gasteiger partial charge in [-0.3, -0.25) is 0 Å². The van der Waals surface area contributed by atoms with Crippen molar-refractivity contribution in [3.05, 3.63) is 23.4 Å². The number of nitrogens with zero attached hydrogens (tertiary/aromatic N) is 3. The van der Waals surface area contributed by atoms with E-state index in [1.807, 2.05) is 57.7 Å². The smallest absolute Gasteiger partial charge is 0.410 e. The maximum atomic E-state index is 12.6. The lowest BCUT2D eigenvalue weighted by molar-refractivity contribution is 0.00942. The van der Waals surface area contributed by atoms with Crippen LogP contribution in [0.25, 0.3) is 0 Å². The van der Waals surface area contributed by atoms with Crippen LogP contribution in [0.2, 0.25) is 0 Å². The van der Waals surface area contributed by atoms with Gasteiger partial charge in [0.1, 0.15) is 11.4 Å². The molecule has 128 valence electrons. The molecule has 0 spiro atoms. The number of amides is 1. The highest BCUT2D eigenvalue weighted by molar-refractivity contribution is 5.69. The normalized spacial score (nSPS) is 18.7. The van der Waals surface area contributed by atoms with Crippen molar-refractivity contribution in [1.82, 2.24) is 9.88 Å². The monoisotopic (exact) mass is 319 g/mol. The summed E-state index contributed by atoms with van der Waals surface area (Å²) in [4.78, 5) is 21.1. The van der Waals surface area contributed by atoms with Crippen molar-refractivity contribution in [3.8, 4) is 0 Å². The maximum absolute atomic E-state index is 12.6. The van der Waals surface area contributed by atoms with Gasteiger partial charge in [0.2, 0.25) is 0 Å². The molecule has 1 aliphatic heterocycles. The van der Waals surface area contributed by atoms with Gasteiger partial charge in [-0.15, -0.1) is 0 Å². The van der Waals surface area contributed by atoms with Crippen LogP contribution in [0.3, 0.4) is 0 Å². The van der Waals surface area contributed by atoms with Crippen molar-refractivity contribution in [1.29, 1.82) is 0 Å². The molecule has 23 heavy (non-hydrogen) atoms. The fourth-order valence-electron chi connectivity index (χ4n) is 2.95. The molecule has 1 fully saturated rings. The molecule has 1 aliphatic rings. The molecule has 1 atom stereocenters. The van der Waals surface area contributed by atoms with E-state index < -0.39 is 5.60 Å². The SMILES string of the molecule is Cc1nc(N(C)C)ccc1C1CCCCN1C(=O)OC(C)(C)C. The Morgan fingerprint density at radius 3 is 2.57 bits per heavy atom. The number of rotatable bonds is 2. The van der Waals surface area contributed by atoms with Crippen LogP contribution in [-0.2, 0) is 4.74 Å². The average molecular weight is 319 g/mol. The molecule has 5 nitrogen and oxygen atoms in total. The Bertz CT molecular complexity index is 564. The average Bonchev–Trinajstić information content (AvgIpc) is 2.45. The van der Waals surface area contributed by atoms with Gasteiger partial charge in [0.05, 0.1) is 6.04 Å². The van der Waals surface area contributed by atoms with Gasteiger partial charge < -0.3 is 14.5 Å². The first-order chi connectivity index (χ1) is 10.7. The number of carbonyl (C=O) groups is 1. The molecule has 0 aliphatic carbocycles. The highest BCUT2D eigenvalue weighted by Gasteiger charge is 2.32. The lowest BCUT2D eigenvalue weighted by Gasteiger charge is -2.37. The Labute approximate surface area is 139 Å². The maximum Gasteiger partial charge on any atom is 0.410 e. The molecule has 1 aromatic heterocycles. The largest absolute Gasteiger partial charge is 0.444 e. The van der Waals surface area contributed by atoms with Crippen LogP contribution in [0, 0.1) is 6.92 Å². The van der Waals surface area contributed by atoms with Gasteiger partial charge in [0.25, 0.3) is 0 Å². The lowest BCUT2D eigenvalue weighted by atomic mass is 9.94. The van der Waals surface area contributed by atoms with Crippen LogP contribution in [0.1, 0.15) is 57.3 Å². The van der Waals surface area contributed by atoms with Crippen molar-refractivity contribution < 1.29 is 9.53 Å². The topological polar surface area (TPSA) is 45.7 Å². The van der Waals surface area contributed by atoms with Gasteiger partial charge >= 0.3 is 6.09 Å². The standard InChI is InChI=1S/C18H29N3O2/c1-13-14(10-11-16(19-13)20(5)6)15-9-7-8-12-21(15)17(22)23-18(2,3)4/h10-11,15H,7-9,12H2,1-6H3. The van der Waals surface area contributed by atoms with Gasteiger partial charge in [-0.1, -0.05) is 6.07 Å². The minimum atomic E-state index is -0.471. The third-order valence-electron chi connectivity index (χ3n) is 4.06. The molecular weight excluding hydrogens is 290 g/mol. The Morgan fingerprint density at radius 2 is 2.00 bits per heavy atom. The molecule has 1 aromatic rings. The number of piperidine rings is 1. The molecule has 0 radical (unpaired) electrons. The van der Waals surface area contributed by atoms with Crippen molar-refractivity contribution >= 4 is 11.9 Å². The number of likely N-dealkylation sites (tertiary alicyclic amines) is 1. The van der Waals surface area contributed by atoms with Crippen molar-refractivity contribution in [3.63, 3.8) is 0 Å². The Balaban J connectivity index is 2.26. The molecule has 0 bridgehead atoms. The molecule has 1 saturated heterocycles. The van der Waals surface area contributed by atoms with Gasteiger partial charge in [-0.2, -0.15) is 0 Å². The van der Waals surface area contributed by atoms with Crippen molar-refractivity contribution in [2.45, 2.75) is 58.6 Å². The van der Waals surface area contributed by atoms with E-state index in [1.165, 1.54) is 0 Å². The zero-order valence-electron chi connectivity index (χ0n) is 15.2. The summed E-state index contributed by atoms with van der Waals surface area (Å²) >= 11 is 0. The number of ether oxygens (including phenoxy) is 1. The molecule has 2 rings (SSSR count). The minimum Gasteiger partial charge on any atom is -0.444 e. The second-order valence-electron chi connectivity index (χ2n) is 7.42. The predicted octanol–water partition coefficient (Wildman–Crippen LogP) is 3.92. The fraction of sp³-hybridized carbons (Fsp3) is 0.667. The van der Waals surface area contributed by atoms with Gasteiger partial charge in [0, 0.05) is 26.3 Å². The van der Waals surface area contributed by atoms with Crippen molar-refractivity contribution in [2.24, 2.45) is 0 Å². The molecule has 0 N–H and O–H groups in total. The van der Waals surface area contributed by atoms with E-state index in [9.17, 15) is 4.79 Å². The van der Waals surface area contributed by atoms with E-state index in [1.54, 1.807) is 0 Å². The number of pyridine rings is 1. The number of anilines is 1. The summed E-state index contributed by atoms with van der Waals surface area (Å²) in [6, 6.07) is 4.18. The summed E-state index contributed by atoms with van der Waals surface area (Å²) in [5.41, 5.74) is 1.64. The molecule has 0 aromatic carbocycles. The Hall–Kier alpha value is -1.78. The van der Waals surface area contributed by atoms with Crippen LogP contribution >= 0.6 is 0 Å². The van der Waals surface area contributed by atoms with Crippen LogP contribution in [-0.4, -0.2) is 42.2 Å². The minimum absolute atomic E-state index is 0.0577. The van der Waals surface area contributed by atoms with E-state index in [4.69, 9.17) is 4.74 Å². The third kappa shape index (κ3) is 4.36. The number of aromatic nitrogens is 1. The lowest BCUT2D eigenvalue weighted by Crippen LogP contribution is -2.42. The van der Waals surface area contributed by atoms with Crippen LogP contribution in [0.4, 0.5) is 10.6 Å². The van der Waals surface area contributed by atoms with E-state index in [-0.39, 0.29) is 12.1 Å². The predicted molar refractivity (Wildman–Crippen MR) is 92.8 cm³/mol. The van der Waals surface area contributed by atoms with Crippen LogP contribution in [0.15, 0.2) is 12.1 Å². The molecule has 1 unspecified atom stereocenters. The van der Waals surface area contributed by atoms with E-state index in [0.29, 0.717) is 0 Å².